The quantitative estimate of drug-likeness (QED) is 0.360. The number of rotatable bonds is 6. The molecule has 0 saturated heterocycles. The standard InChI is InChI=1S/C19H26N4O2S.HI/c1-20-19(22-15-4-5-16(24-2)17(12-15)25-3)21-8-10-23-9-6-18-14(13-23)7-11-26-18;/h4-5,7,11-12H,6,8-10,13H2,1-3H3,(H2,20,21,22);1H. The van der Waals surface area contributed by atoms with Crippen LogP contribution < -0.4 is 20.1 Å². The third-order valence-corrected chi connectivity index (χ3v) is 5.50. The van der Waals surface area contributed by atoms with E-state index in [9.17, 15) is 0 Å². The molecule has 1 aromatic carbocycles. The topological polar surface area (TPSA) is 58.1 Å². The van der Waals surface area contributed by atoms with Gasteiger partial charge in [-0.15, -0.1) is 35.3 Å². The highest BCUT2D eigenvalue weighted by Gasteiger charge is 2.16. The molecule has 0 atom stereocenters. The van der Waals surface area contributed by atoms with Crippen molar-refractivity contribution in [3.63, 3.8) is 0 Å². The largest absolute Gasteiger partial charge is 0.493 e. The zero-order valence-electron chi connectivity index (χ0n) is 15.9. The van der Waals surface area contributed by atoms with E-state index >= 15 is 0 Å². The van der Waals surface area contributed by atoms with Gasteiger partial charge in [0.05, 0.1) is 14.2 Å². The first-order valence-corrected chi connectivity index (χ1v) is 9.58. The van der Waals surface area contributed by atoms with Crippen molar-refractivity contribution in [2.75, 3.05) is 46.2 Å². The number of thiophene rings is 1. The lowest BCUT2D eigenvalue weighted by atomic mass is 10.1. The van der Waals surface area contributed by atoms with Gasteiger partial charge in [0, 0.05) is 49.9 Å². The minimum absolute atomic E-state index is 0. The van der Waals surface area contributed by atoms with Gasteiger partial charge >= 0.3 is 0 Å². The number of nitrogens with one attached hydrogen (secondary N) is 2. The Hall–Kier alpha value is -1.52. The van der Waals surface area contributed by atoms with Crippen LogP contribution in [0.15, 0.2) is 34.6 Å². The number of guanidine groups is 1. The number of hydrogen-bond acceptors (Lipinski definition) is 5. The summed E-state index contributed by atoms with van der Waals surface area (Å²) in [5.74, 6) is 2.14. The normalized spacial score (nSPS) is 14.1. The molecular weight excluding hydrogens is 475 g/mol. The lowest BCUT2D eigenvalue weighted by Gasteiger charge is -2.27. The van der Waals surface area contributed by atoms with E-state index in [0.717, 1.165) is 44.2 Å². The summed E-state index contributed by atoms with van der Waals surface area (Å²) in [6, 6.07) is 7.96. The number of anilines is 1. The molecule has 0 bridgehead atoms. The van der Waals surface area contributed by atoms with Crippen LogP contribution in [-0.2, 0) is 13.0 Å². The van der Waals surface area contributed by atoms with Crippen LogP contribution >= 0.6 is 35.3 Å². The fourth-order valence-corrected chi connectivity index (χ4v) is 3.95. The molecule has 2 N–H and O–H groups in total. The van der Waals surface area contributed by atoms with Crippen LogP contribution in [0.25, 0.3) is 0 Å². The maximum atomic E-state index is 5.34. The van der Waals surface area contributed by atoms with Crippen LogP contribution in [0, 0.1) is 0 Å². The number of fused-ring (bicyclic) bond motifs is 1. The number of nitrogens with zero attached hydrogens (tertiary/aromatic N) is 2. The molecule has 148 valence electrons. The van der Waals surface area contributed by atoms with Gasteiger partial charge in [0.1, 0.15) is 0 Å². The predicted octanol–water partition coefficient (Wildman–Crippen LogP) is 3.43. The molecule has 2 aromatic rings. The minimum atomic E-state index is 0. The molecule has 0 fully saturated rings. The van der Waals surface area contributed by atoms with E-state index in [-0.39, 0.29) is 24.0 Å². The molecular formula is C19H27IN4O2S. The molecule has 0 saturated carbocycles. The second-order valence-electron chi connectivity index (χ2n) is 6.09. The summed E-state index contributed by atoms with van der Waals surface area (Å²) in [6.07, 6.45) is 1.16. The number of methoxy groups -OCH3 is 2. The van der Waals surface area contributed by atoms with Gasteiger partial charge in [-0.25, -0.2) is 0 Å². The van der Waals surface area contributed by atoms with Crippen LogP contribution in [0.5, 0.6) is 11.5 Å². The fourth-order valence-electron chi connectivity index (χ4n) is 3.06. The van der Waals surface area contributed by atoms with Gasteiger partial charge in [0.15, 0.2) is 17.5 Å². The van der Waals surface area contributed by atoms with Crippen molar-refractivity contribution in [1.82, 2.24) is 10.2 Å². The minimum Gasteiger partial charge on any atom is -0.493 e. The number of benzene rings is 1. The summed E-state index contributed by atoms with van der Waals surface area (Å²) in [4.78, 5) is 8.32. The maximum Gasteiger partial charge on any atom is 0.195 e. The van der Waals surface area contributed by atoms with Crippen LogP contribution in [-0.4, -0.2) is 51.8 Å². The second kappa shape index (κ2) is 10.7. The first-order chi connectivity index (χ1) is 12.7. The SMILES string of the molecule is CN=C(NCCN1CCc2sccc2C1)Nc1ccc(OC)c(OC)c1.I. The predicted molar refractivity (Wildman–Crippen MR) is 123 cm³/mol. The smallest absolute Gasteiger partial charge is 0.195 e. The lowest BCUT2D eigenvalue weighted by molar-refractivity contribution is 0.260. The van der Waals surface area contributed by atoms with E-state index in [1.54, 1.807) is 26.1 Å². The number of ether oxygens (including phenoxy) is 2. The van der Waals surface area contributed by atoms with Gasteiger partial charge < -0.3 is 20.1 Å². The van der Waals surface area contributed by atoms with Crippen molar-refractivity contribution in [3.8, 4) is 11.5 Å². The van der Waals surface area contributed by atoms with Crippen molar-refractivity contribution in [3.05, 3.63) is 40.1 Å². The third kappa shape index (κ3) is 5.73. The van der Waals surface area contributed by atoms with Gasteiger partial charge in [-0.2, -0.15) is 0 Å². The first-order valence-electron chi connectivity index (χ1n) is 8.70. The van der Waals surface area contributed by atoms with Crippen LogP contribution in [0.4, 0.5) is 5.69 Å². The van der Waals surface area contributed by atoms with Crippen molar-refractivity contribution < 1.29 is 9.47 Å². The molecule has 8 heteroatoms. The van der Waals surface area contributed by atoms with E-state index in [4.69, 9.17) is 9.47 Å². The highest BCUT2D eigenvalue weighted by Crippen LogP contribution is 2.29. The molecule has 0 unspecified atom stereocenters. The van der Waals surface area contributed by atoms with Crippen molar-refractivity contribution in [2.24, 2.45) is 4.99 Å². The van der Waals surface area contributed by atoms with E-state index < -0.39 is 0 Å². The summed E-state index contributed by atoms with van der Waals surface area (Å²) in [5, 5.41) is 8.86. The molecule has 0 aliphatic carbocycles. The average molecular weight is 502 g/mol. The van der Waals surface area contributed by atoms with Gasteiger partial charge in [0.25, 0.3) is 0 Å². The maximum absolute atomic E-state index is 5.34. The molecule has 27 heavy (non-hydrogen) atoms. The van der Waals surface area contributed by atoms with E-state index in [2.05, 4.69) is 32.0 Å². The zero-order chi connectivity index (χ0) is 18.4. The Morgan fingerprint density at radius 3 is 2.78 bits per heavy atom. The third-order valence-electron chi connectivity index (χ3n) is 4.48. The van der Waals surface area contributed by atoms with Crippen molar-refractivity contribution in [2.45, 2.75) is 13.0 Å². The molecule has 3 rings (SSSR count). The summed E-state index contributed by atoms with van der Waals surface area (Å²) in [7, 11) is 5.03. The molecule has 0 amide bonds. The summed E-state index contributed by atoms with van der Waals surface area (Å²) in [5.41, 5.74) is 2.38. The summed E-state index contributed by atoms with van der Waals surface area (Å²) >= 11 is 1.88. The lowest BCUT2D eigenvalue weighted by Crippen LogP contribution is -2.39. The van der Waals surface area contributed by atoms with E-state index in [0.29, 0.717) is 11.5 Å². The number of hydrogen-bond donors (Lipinski definition) is 2. The van der Waals surface area contributed by atoms with Crippen LogP contribution in [0.2, 0.25) is 0 Å². The monoisotopic (exact) mass is 502 g/mol. The van der Waals surface area contributed by atoms with Gasteiger partial charge in [-0.3, -0.25) is 9.89 Å². The zero-order valence-corrected chi connectivity index (χ0v) is 19.1. The number of aliphatic imine (C=N–C) groups is 1. The Kier molecular flexibility index (Phi) is 8.65. The molecule has 0 radical (unpaired) electrons. The van der Waals surface area contributed by atoms with Gasteiger partial charge in [-0.1, -0.05) is 0 Å². The Bertz CT molecular complexity index is 766. The Morgan fingerprint density at radius 1 is 1.22 bits per heavy atom. The van der Waals surface area contributed by atoms with E-state index in [1.807, 2.05) is 29.5 Å². The van der Waals surface area contributed by atoms with Gasteiger partial charge in [-0.05, 0) is 35.6 Å². The Morgan fingerprint density at radius 2 is 2.04 bits per heavy atom. The van der Waals surface area contributed by atoms with Crippen LogP contribution in [0.3, 0.4) is 0 Å². The first kappa shape index (κ1) is 21.8. The number of halogens is 1. The van der Waals surface area contributed by atoms with Crippen molar-refractivity contribution in [1.29, 1.82) is 0 Å². The average Bonchev–Trinajstić information content (AvgIpc) is 3.14. The highest BCUT2D eigenvalue weighted by molar-refractivity contribution is 14.0. The molecule has 1 aromatic heterocycles. The molecule has 2 heterocycles. The molecule has 1 aliphatic rings. The summed E-state index contributed by atoms with van der Waals surface area (Å²) in [6.45, 7) is 3.99. The molecule has 0 spiro atoms. The van der Waals surface area contributed by atoms with Crippen molar-refractivity contribution >= 4 is 47.0 Å². The molecule has 6 nitrogen and oxygen atoms in total. The summed E-state index contributed by atoms with van der Waals surface area (Å²) < 4.78 is 10.6. The second-order valence-corrected chi connectivity index (χ2v) is 7.09. The Balaban J connectivity index is 0.00000261. The fraction of sp³-hybridized carbons (Fsp3) is 0.421. The van der Waals surface area contributed by atoms with Gasteiger partial charge in [0.2, 0.25) is 0 Å². The van der Waals surface area contributed by atoms with Crippen LogP contribution in [0.1, 0.15) is 10.4 Å². The van der Waals surface area contributed by atoms with E-state index in [1.165, 1.54) is 5.56 Å². The molecule has 1 aliphatic heterocycles. The Labute approximate surface area is 182 Å². The highest BCUT2D eigenvalue weighted by atomic mass is 127.